The van der Waals surface area contributed by atoms with Gasteiger partial charge in [0.15, 0.2) is 0 Å². The van der Waals surface area contributed by atoms with E-state index in [4.69, 9.17) is 23.2 Å². The molecule has 4 heteroatoms. The van der Waals surface area contributed by atoms with Crippen molar-refractivity contribution >= 4 is 23.2 Å². The highest BCUT2D eigenvalue weighted by Crippen LogP contribution is 2.32. The lowest BCUT2D eigenvalue weighted by atomic mass is 10.1. The van der Waals surface area contributed by atoms with E-state index in [2.05, 4.69) is 9.97 Å². The van der Waals surface area contributed by atoms with Crippen LogP contribution in [-0.4, -0.2) is 9.97 Å². The molecule has 88 valence electrons. The van der Waals surface area contributed by atoms with E-state index in [1.165, 1.54) is 5.56 Å². The van der Waals surface area contributed by atoms with Crippen LogP contribution in [0.25, 0.3) is 11.1 Å². The summed E-state index contributed by atoms with van der Waals surface area (Å²) in [5.41, 5.74) is 2.82. The van der Waals surface area contributed by atoms with Crippen LogP contribution in [0.5, 0.6) is 0 Å². The van der Waals surface area contributed by atoms with E-state index in [1.54, 1.807) is 0 Å². The Morgan fingerprint density at radius 3 is 2.00 bits per heavy atom. The Bertz CT molecular complexity index is 513. The summed E-state index contributed by atoms with van der Waals surface area (Å²) in [5.74, 6) is 0.663. The fourth-order valence-corrected chi connectivity index (χ4v) is 2.21. The molecule has 0 aliphatic heterocycles. The molecule has 0 radical (unpaired) electrons. The lowest BCUT2D eigenvalue weighted by Gasteiger charge is -2.07. The van der Waals surface area contributed by atoms with Gasteiger partial charge in [-0.3, -0.25) is 0 Å². The van der Waals surface area contributed by atoms with Crippen molar-refractivity contribution in [2.45, 2.75) is 20.3 Å². The number of aryl methyl sites for hydroxylation is 2. The molecule has 0 aliphatic carbocycles. The van der Waals surface area contributed by atoms with Gasteiger partial charge in [-0.15, -0.1) is 0 Å². The summed E-state index contributed by atoms with van der Waals surface area (Å²) < 4.78 is 0. The molecule has 1 aromatic heterocycles. The minimum absolute atomic E-state index is 0.408. The first-order valence-corrected chi connectivity index (χ1v) is 6.16. The normalized spacial score (nSPS) is 10.6. The molecule has 0 saturated carbocycles. The minimum atomic E-state index is 0.408. The molecule has 2 rings (SSSR count). The van der Waals surface area contributed by atoms with Gasteiger partial charge in [0.2, 0.25) is 0 Å². The molecule has 1 heterocycles. The largest absolute Gasteiger partial charge is 0.220 e. The van der Waals surface area contributed by atoms with Crippen molar-refractivity contribution in [2.75, 3.05) is 0 Å². The van der Waals surface area contributed by atoms with E-state index >= 15 is 0 Å². The zero-order valence-electron chi connectivity index (χ0n) is 9.67. The number of rotatable bonds is 2. The lowest BCUT2D eigenvalue weighted by Crippen LogP contribution is -1.96. The van der Waals surface area contributed by atoms with Gasteiger partial charge in [-0.25, -0.2) is 9.97 Å². The average Bonchev–Trinajstić information content (AvgIpc) is 2.30. The van der Waals surface area contributed by atoms with Crippen LogP contribution in [0, 0.1) is 6.92 Å². The quantitative estimate of drug-likeness (QED) is 0.757. The highest BCUT2D eigenvalue weighted by molar-refractivity contribution is 6.37. The van der Waals surface area contributed by atoms with Crippen LogP contribution in [0.2, 0.25) is 10.3 Å². The predicted octanol–water partition coefficient (Wildman–Crippen LogP) is 4.32. The molecule has 2 aromatic rings. The molecule has 0 aliphatic rings. The summed E-state index contributed by atoms with van der Waals surface area (Å²) in [6.07, 6.45) is 0.716. The Hall–Kier alpha value is -1.12. The Balaban J connectivity index is 2.55. The first kappa shape index (κ1) is 12.3. The van der Waals surface area contributed by atoms with Gasteiger partial charge < -0.3 is 0 Å². The van der Waals surface area contributed by atoms with E-state index in [-0.39, 0.29) is 0 Å². The first-order chi connectivity index (χ1) is 8.11. The van der Waals surface area contributed by atoms with Gasteiger partial charge in [0.05, 0.1) is 5.56 Å². The van der Waals surface area contributed by atoms with Crippen molar-refractivity contribution in [3.63, 3.8) is 0 Å². The van der Waals surface area contributed by atoms with Gasteiger partial charge in [0, 0.05) is 6.42 Å². The third-order valence-electron chi connectivity index (χ3n) is 2.52. The molecule has 2 nitrogen and oxygen atoms in total. The smallest absolute Gasteiger partial charge is 0.142 e. The Morgan fingerprint density at radius 1 is 1.00 bits per heavy atom. The monoisotopic (exact) mass is 266 g/mol. The maximum Gasteiger partial charge on any atom is 0.142 e. The molecule has 1 aromatic carbocycles. The highest BCUT2D eigenvalue weighted by Gasteiger charge is 2.12. The number of nitrogens with zero attached hydrogens (tertiary/aromatic N) is 2. The lowest BCUT2D eigenvalue weighted by molar-refractivity contribution is 0.942. The second-order valence-corrected chi connectivity index (χ2v) is 4.53. The Labute approximate surface area is 111 Å². The first-order valence-electron chi connectivity index (χ1n) is 5.40. The molecule has 0 amide bonds. The van der Waals surface area contributed by atoms with Gasteiger partial charge in [0.25, 0.3) is 0 Å². The standard InChI is InChI=1S/C13H12Cl2N2/c1-3-10-16-12(14)11(13(15)17-10)9-6-4-8(2)5-7-9/h4-7H,3H2,1-2H3. The number of hydrogen-bond donors (Lipinski definition) is 0. The van der Waals surface area contributed by atoms with Gasteiger partial charge in [-0.05, 0) is 12.5 Å². The average molecular weight is 267 g/mol. The maximum absolute atomic E-state index is 6.15. The fraction of sp³-hybridized carbons (Fsp3) is 0.231. The van der Waals surface area contributed by atoms with E-state index in [0.29, 0.717) is 28.1 Å². The summed E-state index contributed by atoms with van der Waals surface area (Å²) >= 11 is 12.3. The van der Waals surface area contributed by atoms with Gasteiger partial charge in [-0.1, -0.05) is 60.0 Å². The molecule has 0 saturated heterocycles. The molecular formula is C13H12Cl2N2. The van der Waals surface area contributed by atoms with Crippen molar-refractivity contribution in [2.24, 2.45) is 0 Å². The minimum Gasteiger partial charge on any atom is -0.220 e. The zero-order chi connectivity index (χ0) is 12.4. The molecule has 0 spiro atoms. The number of hydrogen-bond acceptors (Lipinski definition) is 2. The van der Waals surface area contributed by atoms with E-state index in [9.17, 15) is 0 Å². The van der Waals surface area contributed by atoms with Crippen LogP contribution in [0.15, 0.2) is 24.3 Å². The molecule has 0 N–H and O–H groups in total. The highest BCUT2D eigenvalue weighted by atomic mass is 35.5. The fourth-order valence-electron chi connectivity index (χ4n) is 1.57. The van der Waals surface area contributed by atoms with E-state index in [0.717, 1.165) is 5.56 Å². The molecule has 0 bridgehead atoms. The third-order valence-corrected chi connectivity index (χ3v) is 3.07. The van der Waals surface area contributed by atoms with E-state index < -0.39 is 0 Å². The third kappa shape index (κ3) is 2.59. The summed E-state index contributed by atoms with van der Waals surface area (Å²) in [5, 5.41) is 0.816. The van der Waals surface area contributed by atoms with Crippen LogP contribution >= 0.6 is 23.2 Å². The van der Waals surface area contributed by atoms with Crippen LogP contribution < -0.4 is 0 Å². The summed E-state index contributed by atoms with van der Waals surface area (Å²) in [6.45, 7) is 4.00. The molecule has 0 unspecified atom stereocenters. The summed E-state index contributed by atoms with van der Waals surface area (Å²) in [6, 6.07) is 7.96. The molecule has 0 fully saturated rings. The number of halogens is 2. The van der Waals surface area contributed by atoms with Crippen LogP contribution in [0.4, 0.5) is 0 Å². The van der Waals surface area contributed by atoms with Crippen LogP contribution in [0.3, 0.4) is 0 Å². The second-order valence-electron chi connectivity index (χ2n) is 3.82. The van der Waals surface area contributed by atoms with Crippen LogP contribution in [-0.2, 0) is 6.42 Å². The number of aromatic nitrogens is 2. The van der Waals surface area contributed by atoms with Gasteiger partial charge in [0.1, 0.15) is 16.1 Å². The second kappa shape index (κ2) is 5.03. The van der Waals surface area contributed by atoms with Crippen molar-refractivity contribution in [1.29, 1.82) is 0 Å². The van der Waals surface area contributed by atoms with Crippen molar-refractivity contribution in [3.05, 3.63) is 46.0 Å². The van der Waals surface area contributed by atoms with E-state index in [1.807, 2.05) is 38.1 Å². The van der Waals surface area contributed by atoms with Crippen molar-refractivity contribution in [3.8, 4) is 11.1 Å². The molecule has 0 atom stereocenters. The van der Waals surface area contributed by atoms with Crippen molar-refractivity contribution in [1.82, 2.24) is 9.97 Å². The molecule has 17 heavy (non-hydrogen) atoms. The summed E-state index contributed by atoms with van der Waals surface area (Å²) in [7, 11) is 0. The summed E-state index contributed by atoms with van der Waals surface area (Å²) in [4.78, 5) is 8.44. The van der Waals surface area contributed by atoms with Crippen LogP contribution in [0.1, 0.15) is 18.3 Å². The topological polar surface area (TPSA) is 25.8 Å². The van der Waals surface area contributed by atoms with Crippen molar-refractivity contribution < 1.29 is 0 Å². The Morgan fingerprint density at radius 2 is 1.53 bits per heavy atom. The Kier molecular flexibility index (Phi) is 3.65. The number of benzene rings is 1. The predicted molar refractivity (Wildman–Crippen MR) is 71.6 cm³/mol. The molecular weight excluding hydrogens is 255 g/mol. The van der Waals surface area contributed by atoms with Gasteiger partial charge in [-0.2, -0.15) is 0 Å². The van der Waals surface area contributed by atoms with Gasteiger partial charge >= 0.3 is 0 Å². The maximum atomic E-state index is 6.15. The zero-order valence-corrected chi connectivity index (χ0v) is 11.2. The SMILES string of the molecule is CCc1nc(Cl)c(-c2ccc(C)cc2)c(Cl)n1.